The lowest BCUT2D eigenvalue weighted by atomic mass is 10.0. The van der Waals surface area contributed by atoms with Crippen molar-refractivity contribution in [3.8, 4) is 11.3 Å². The highest BCUT2D eigenvalue weighted by Gasteiger charge is 2.14. The maximum Gasteiger partial charge on any atom is 0.139 e. The Morgan fingerprint density at radius 3 is 2.39 bits per heavy atom. The molecule has 0 radical (unpaired) electrons. The third-order valence-electron chi connectivity index (χ3n) is 5.87. The zero-order chi connectivity index (χ0) is 22.4. The van der Waals surface area contributed by atoms with Gasteiger partial charge in [0.15, 0.2) is 0 Å². The van der Waals surface area contributed by atoms with E-state index in [2.05, 4.69) is 29.8 Å². The summed E-state index contributed by atoms with van der Waals surface area (Å²) < 4.78 is 12.2. The molecule has 0 bridgehead atoms. The fourth-order valence-electron chi connectivity index (χ4n) is 4.23. The van der Waals surface area contributed by atoms with Crippen LogP contribution in [0.2, 0.25) is 0 Å². The molecule has 0 N–H and O–H groups in total. The molecule has 0 spiro atoms. The molecule has 0 aliphatic heterocycles. The number of furan rings is 2. The largest absolute Gasteiger partial charge is 0.456 e. The number of benzene rings is 3. The molecule has 6 aromatic rings. The molecule has 3 aromatic heterocycles. The fraction of sp³-hybridized carbons (Fsp3) is 0.0345. The van der Waals surface area contributed by atoms with Crippen molar-refractivity contribution in [2.75, 3.05) is 0 Å². The molecule has 0 aliphatic carbocycles. The Morgan fingerprint density at radius 1 is 0.788 bits per heavy atom. The van der Waals surface area contributed by atoms with E-state index in [0.717, 1.165) is 66.5 Å². The van der Waals surface area contributed by atoms with Gasteiger partial charge in [-0.1, -0.05) is 36.9 Å². The molecule has 0 saturated heterocycles. The summed E-state index contributed by atoms with van der Waals surface area (Å²) in [6, 6.07) is 24.4. The molecule has 0 fully saturated rings. The Kier molecular flexibility index (Phi) is 4.44. The third-order valence-corrected chi connectivity index (χ3v) is 5.87. The molecule has 4 heteroatoms. The van der Waals surface area contributed by atoms with Crippen molar-refractivity contribution in [1.82, 2.24) is 4.98 Å². The Labute approximate surface area is 190 Å². The summed E-state index contributed by atoms with van der Waals surface area (Å²) in [7, 11) is 0. The van der Waals surface area contributed by atoms with Gasteiger partial charge in [0.25, 0.3) is 0 Å². The minimum atomic E-state index is 0.812. The second-order valence-corrected chi connectivity index (χ2v) is 7.96. The van der Waals surface area contributed by atoms with E-state index < -0.39 is 0 Å². The Balaban J connectivity index is 1.50. The summed E-state index contributed by atoms with van der Waals surface area (Å²) in [5.74, 6) is 0. The lowest BCUT2D eigenvalue weighted by Gasteiger charge is -2.04. The van der Waals surface area contributed by atoms with Crippen molar-refractivity contribution >= 4 is 49.6 Å². The van der Waals surface area contributed by atoms with Crippen LogP contribution in [0.3, 0.4) is 0 Å². The van der Waals surface area contributed by atoms with E-state index in [-0.39, 0.29) is 0 Å². The highest BCUT2D eigenvalue weighted by molar-refractivity contribution is 6.15. The van der Waals surface area contributed by atoms with Crippen molar-refractivity contribution < 1.29 is 8.83 Å². The van der Waals surface area contributed by atoms with Gasteiger partial charge >= 0.3 is 0 Å². The van der Waals surface area contributed by atoms with Gasteiger partial charge in [0.05, 0.1) is 17.1 Å². The monoisotopic (exact) mass is 428 g/mol. The SMILES string of the molecule is C=C/C=C\N=C(/C)c1cccc(-c2ccc3oc4cc5oc6ccccc6c5cc4c3c2)n1. The molecule has 0 atom stereocenters. The van der Waals surface area contributed by atoms with Crippen molar-refractivity contribution in [2.24, 2.45) is 4.99 Å². The molecule has 0 saturated carbocycles. The van der Waals surface area contributed by atoms with Crippen molar-refractivity contribution in [1.29, 1.82) is 0 Å². The Morgan fingerprint density at radius 2 is 1.55 bits per heavy atom. The average molecular weight is 428 g/mol. The molecule has 3 aromatic carbocycles. The quantitative estimate of drug-likeness (QED) is 0.211. The maximum atomic E-state index is 6.15. The highest BCUT2D eigenvalue weighted by atomic mass is 16.3. The van der Waals surface area contributed by atoms with Gasteiger partial charge in [0.1, 0.15) is 22.3 Å². The molecule has 0 amide bonds. The van der Waals surface area contributed by atoms with Crippen LogP contribution in [0.5, 0.6) is 0 Å². The fourth-order valence-corrected chi connectivity index (χ4v) is 4.23. The van der Waals surface area contributed by atoms with Crippen LogP contribution in [-0.4, -0.2) is 10.7 Å². The van der Waals surface area contributed by atoms with E-state index in [4.69, 9.17) is 13.8 Å². The number of aromatic nitrogens is 1. The lowest BCUT2D eigenvalue weighted by Crippen LogP contribution is -1.99. The smallest absolute Gasteiger partial charge is 0.139 e. The number of pyridine rings is 1. The van der Waals surface area contributed by atoms with Crippen LogP contribution in [0.15, 0.2) is 112 Å². The van der Waals surface area contributed by atoms with Crippen LogP contribution >= 0.6 is 0 Å². The van der Waals surface area contributed by atoms with Crippen molar-refractivity contribution in [3.63, 3.8) is 0 Å². The van der Waals surface area contributed by atoms with Gasteiger partial charge in [-0.05, 0) is 55.5 Å². The van der Waals surface area contributed by atoms with Gasteiger partial charge in [0, 0.05) is 39.4 Å². The Bertz CT molecular complexity index is 1750. The first-order valence-electron chi connectivity index (χ1n) is 10.8. The van der Waals surface area contributed by atoms with Gasteiger partial charge in [-0.2, -0.15) is 0 Å². The first-order chi connectivity index (χ1) is 16.2. The maximum absolute atomic E-state index is 6.15. The van der Waals surface area contributed by atoms with Crippen LogP contribution < -0.4 is 0 Å². The topological polar surface area (TPSA) is 51.5 Å². The molecule has 4 nitrogen and oxygen atoms in total. The van der Waals surface area contributed by atoms with E-state index >= 15 is 0 Å². The van der Waals surface area contributed by atoms with E-state index in [1.165, 1.54) is 0 Å². The van der Waals surface area contributed by atoms with Gasteiger partial charge < -0.3 is 8.83 Å². The number of para-hydroxylation sites is 1. The number of fused-ring (bicyclic) bond motifs is 6. The predicted molar refractivity (Wildman–Crippen MR) is 136 cm³/mol. The van der Waals surface area contributed by atoms with Gasteiger partial charge in [-0.15, -0.1) is 0 Å². The van der Waals surface area contributed by atoms with Gasteiger partial charge in [-0.25, -0.2) is 4.98 Å². The zero-order valence-corrected chi connectivity index (χ0v) is 18.1. The first kappa shape index (κ1) is 19.3. The van der Waals surface area contributed by atoms with Crippen LogP contribution in [0, 0.1) is 0 Å². The summed E-state index contributed by atoms with van der Waals surface area (Å²) in [4.78, 5) is 9.27. The average Bonchev–Trinajstić information content (AvgIpc) is 3.39. The van der Waals surface area contributed by atoms with E-state index in [0.29, 0.717) is 0 Å². The van der Waals surface area contributed by atoms with Crippen LogP contribution in [0.1, 0.15) is 12.6 Å². The lowest BCUT2D eigenvalue weighted by molar-refractivity contribution is 0.656. The standard InChI is InChI=1S/C29H20N2O2/c1-3-4-14-30-18(2)24-9-7-10-25(31-24)19-12-13-27-21(15-19)23-16-22-20-8-5-6-11-26(20)32-28(22)17-29(23)33-27/h3-17H,1H2,2H3/b14-4-,30-18+. The number of hydrogen-bond donors (Lipinski definition) is 0. The molecular weight excluding hydrogens is 408 g/mol. The van der Waals surface area contributed by atoms with Crippen molar-refractivity contribution in [3.05, 3.63) is 103 Å². The van der Waals surface area contributed by atoms with E-state index in [1.54, 1.807) is 18.4 Å². The number of aliphatic imine (C=N–C) groups is 1. The van der Waals surface area contributed by atoms with Gasteiger partial charge in [0.2, 0.25) is 0 Å². The van der Waals surface area contributed by atoms with E-state index in [9.17, 15) is 0 Å². The second kappa shape index (κ2) is 7.61. The predicted octanol–water partition coefficient (Wildman–Crippen LogP) is 8.06. The number of allylic oxidation sites excluding steroid dienone is 2. The summed E-state index contributed by atoms with van der Waals surface area (Å²) in [6.45, 7) is 5.62. The molecule has 0 aliphatic rings. The number of rotatable bonds is 4. The third kappa shape index (κ3) is 3.24. The van der Waals surface area contributed by atoms with Crippen LogP contribution in [-0.2, 0) is 0 Å². The minimum Gasteiger partial charge on any atom is -0.456 e. The number of nitrogens with zero attached hydrogens (tertiary/aromatic N) is 2. The Hall–Kier alpha value is -4.44. The van der Waals surface area contributed by atoms with E-state index in [1.807, 2.05) is 61.5 Å². The molecule has 158 valence electrons. The molecule has 6 rings (SSSR count). The van der Waals surface area contributed by atoms with Crippen molar-refractivity contribution in [2.45, 2.75) is 6.92 Å². The molecule has 33 heavy (non-hydrogen) atoms. The summed E-state index contributed by atoms with van der Waals surface area (Å²) in [5, 5.41) is 4.32. The zero-order valence-electron chi connectivity index (χ0n) is 18.1. The summed E-state index contributed by atoms with van der Waals surface area (Å²) in [5.41, 5.74) is 6.97. The van der Waals surface area contributed by atoms with Crippen LogP contribution in [0.4, 0.5) is 0 Å². The molecular formula is C29H20N2O2. The second-order valence-electron chi connectivity index (χ2n) is 7.96. The number of hydrogen-bond acceptors (Lipinski definition) is 4. The first-order valence-corrected chi connectivity index (χ1v) is 10.8. The highest BCUT2D eigenvalue weighted by Crippen LogP contribution is 2.37. The molecule has 0 unspecified atom stereocenters. The van der Waals surface area contributed by atoms with Crippen LogP contribution in [0.25, 0.3) is 55.1 Å². The minimum absolute atomic E-state index is 0.812. The summed E-state index contributed by atoms with van der Waals surface area (Å²) in [6.07, 6.45) is 5.22. The molecule has 3 heterocycles. The summed E-state index contributed by atoms with van der Waals surface area (Å²) >= 11 is 0. The normalized spacial score (nSPS) is 12.6. The van der Waals surface area contributed by atoms with Gasteiger partial charge in [-0.3, -0.25) is 4.99 Å².